The second kappa shape index (κ2) is 4.60. The predicted molar refractivity (Wildman–Crippen MR) is 69.4 cm³/mol. The molecule has 15 heavy (non-hydrogen) atoms. The Bertz CT molecular complexity index is 410. The molecule has 0 amide bonds. The summed E-state index contributed by atoms with van der Waals surface area (Å²) >= 11 is 4.01. The molecule has 0 saturated heterocycles. The number of hydrogen-bond acceptors (Lipinski definition) is 4. The van der Waals surface area contributed by atoms with Crippen LogP contribution in [-0.2, 0) is 7.05 Å². The van der Waals surface area contributed by atoms with Crippen LogP contribution >= 0.6 is 33.9 Å². The molecule has 2 heterocycles. The standard InChI is InChI=1S/C9H11IN4S/c1-14-3-2-7(13-14)9(12-11)6-4-8(10)15-5-6/h2-5,9,12H,11H2,1H3. The summed E-state index contributed by atoms with van der Waals surface area (Å²) in [6.07, 6.45) is 1.91. The topological polar surface area (TPSA) is 55.9 Å². The molecule has 2 aromatic rings. The van der Waals surface area contributed by atoms with Crippen molar-refractivity contribution in [3.63, 3.8) is 0 Å². The summed E-state index contributed by atoms with van der Waals surface area (Å²) in [4.78, 5) is 0. The van der Waals surface area contributed by atoms with Crippen LogP contribution in [0.15, 0.2) is 23.7 Å². The maximum Gasteiger partial charge on any atom is 0.0908 e. The van der Waals surface area contributed by atoms with E-state index in [0.29, 0.717) is 0 Å². The molecular formula is C9H11IN4S. The summed E-state index contributed by atoms with van der Waals surface area (Å²) in [5.74, 6) is 5.56. The Labute approximate surface area is 106 Å². The average Bonchev–Trinajstić information content (AvgIpc) is 2.78. The average molecular weight is 334 g/mol. The molecule has 0 aliphatic heterocycles. The van der Waals surface area contributed by atoms with Gasteiger partial charge in [0.25, 0.3) is 0 Å². The lowest BCUT2D eigenvalue weighted by molar-refractivity contribution is 0.605. The largest absolute Gasteiger partial charge is 0.275 e. The lowest BCUT2D eigenvalue weighted by Crippen LogP contribution is -2.28. The molecule has 0 spiro atoms. The molecule has 0 radical (unpaired) electrons. The van der Waals surface area contributed by atoms with E-state index in [1.807, 2.05) is 19.3 Å². The SMILES string of the molecule is Cn1ccc(C(NN)c2csc(I)c2)n1. The fourth-order valence-corrected chi connectivity index (χ4v) is 2.81. The van der Waals surface area contributed by atoms with E-state index in [0.717, 1.165) is 11.3 Å². The van der Waals surface area contributed by atoms with Crippen LogP contribution in [0.1, 0.15) is 17.3 Å². The Balaban J connectivity index is 2.32. The molecule has 2 aromatic heterocycles. The monoisotopic (exact) mass is 334 g/mol. The van der Waals surface area contributed by atoms with E-state index in [9.17, 15) is 0 Å². The van der Waals surface area contributed by atoms with Gasteiger partial charge in [-0.05, 0) is 45.7 Å². The van der Waals surface area contributed by atoms with Crippen molar-refractivity contribution in [1.82, 2.24) is 15.2 Å². The Morgan fingerprint density at radius 3 is 2.93 bits per heavy atom. The van der Waals surface area contributed by atoms with Gasteiger partial charge >= 0.3 is 0 Å². The van der Waals surface area contributed by atoms with Gasteiger partial charge in [0.15, 0.2) is 0 Å². The van der Waals surface area contributed by atoms with E-state index in [1.54, 1.807) is 16.0 Å². The van der Waals surface area contributed by atoms with Crippen molar-refractivity contribution in [3.8, 4) is 0 Å². The van der Waals surface area contributed by atoms with Crippen molar-refractivity contribution >= 4 is 33.9 Å². The summed E-state index contributed by atoms with van der Waals surface area (Å²) in [6, 6.07) is 4.06. The normalized spacial score (nSPS) is 13.0. The fourth-order valence-electron chi connectivity index (χ4n) is 1.41. The number of hydrogen-bond donors (Lipinski definition) is 2. The smallest absolute Gasteiger partial charge is 0.0908 e. The summed E-state index contributed by atoms with van der Waals surface area (Å²) in [5, 5.41) is 6.44. The van der Waals surface area contributed by atoms with Gasteiger partial charge < -0.3 is 0 Å². The van der Waals surface area contributed by atoms with Gasteiger partial charge in [-0.25, -0.2) is 5.43 Å². The van der Waals surface area contributed by atoms with Crippen molar-refractivity contribution in [2.45, 2.75) is 6.04 Å². The molecule has 4 nitrogen and oxygen atoms in total. The Morgan fingerprint density at radius 2 is 2.47 bits per heavy atom. The summed E-state index contributed by atoms with van der Waals surface area (Å²) in [5.41, 5.74) is 4.89. The van der Waals surface area contributed by atoms with Crippen LogP contribution in [-0.4, -0.2) is 9.78 Å². The van der Waals surface area contributed by atoms with Gasteiger partial charge in [-0.15, -0.1) is 11.3 Å². The maximum atomic E-state index is 5.56. The van der Waals surface area contributed by atoms with Crippen molar-refractivity contribution < 1.29 is 0 Å². The Kier molecular flexibility index (Phi) is 3.39. The zero-order valence-electron chi connectivity index (χ0n) is 8.14. The van der Waals surface area contributed by atoms with E-state index in [2.05, 4.69) is 44.6 Å². The molecule has 0 aliphatic carbocycles. The van der Waals surface area contributed by atoms with Crippen molar-refractivity contribution in [2.75, 3.05) is 0 Å². The zero-order chi connectivity index (χ0) is 10.8. The van der Waals surface area contributed by atoms with Crippen LogP contribution in [0.4, 0.5) is 0 Å². The molecule has 6 heteroatoms. The van der Waals surface area contributed by atoms with Crippen molar-refractivity contribution in [1.29, 1.82) is 0 Å². The molecule has 0 bridgehead atoms. The molecule has 0 saturated carbocycles. The summed E-state index contributed by atoms with van der Waals surface area (Å²) in [7, 11) is 1.90. The van der Waals surface area contributed by atoms with Crippen LogP contribution in [0.5, 0.6) is 0 Å². The van der Waals surface area contributed by atoms with E-state index in [4.69, 9.17) is 5.84 Å². The lowest BCUT2D eigenvalue weighted by atomic mass is 10.1. The first-order chi connectivity index (χ1) is 7.20. The lowest BCUT2D eigenvalue weighted by Gasteiger charge is -2.11. The molecule has 1 atom stereocenters. The van der Waals surface area contributed by atoms with E-state index in [-0.39, 0.29) is 6.04 Å². The van der Waals surface area contributed by atoms with E-state index >= 15 is 0 Å². The predicted octanol–water partition coefficient (Wildman–Crippen LogP) is 1.64. The number of nitrogens with zero attached hydrogens (tertiary/aromatic N) is 2. The van der Waals surface area contributed by atoms with Gasteiger partial charge in [0, 0.05) is 13.2 Å². The molecule has 1 unspecified atom stereocenters. The highest BCUT2D eigenvalue weighted by Crippen LogP contribution is 2.25. The van der Waals surface area contributed by atoms with Crippen molar-refractivity contribution in [2.24, 2.45) is 12.9 Å². The minimum Gasteiger partial charge on any atom is -0.275 e. The zero-order valence-corrected chi connectivity index (χ0v) is 11.1. The minimum absolute atomic E-state index is 0.0223. The first-order valence-corrected chi connectivity index (χ1v) is 6.36. The minimum atomic E-state index is -0.0223. The van der Waals surface area contributed by atoms with Gasteiger partial charge in [0.1, 0.15) is 0 Å². The van der Waals surface area contributed by atoms with E-state index in [1.165, 1.54) is 2.88 Å². The molecule has 80 valence electrons. The number of nitrogens with two attached hydrogens (primary N) is 1. The van der Waals surface area contributed by atoms with Crippen LogP contribution < -0.4 is 11.3 Å². The van der Waals surface area contributed by atoms with Gasteiger partial charge in [0.2, 0.25) is 0 Å². The Hall–Kier alpha value is -0.440. The molecule has 2 rings (SSSR count). The van der Waals surface area contributed by atoms with Crippen LogP contribution in [0.2, 0.25) is 0 Å². The van der Waals surface area contributed by atoms with Crippen molar-refractivity contribution in [3.05, 3.63) is 37.9 Å². The first kappa shape index (κ1) is 11.1. The van der Waals surface area contributed by atoms with Crippen LogP contribution in [0.25, 0.3) is 0 Å². The number of halogens is 1. The van der Waals surface area contributed by atoms with Gasteiger partial charge in [-0.3, -0.25) is 10.5 Å². The fraction of sp³-hybridized carbons (Fsp3) is 0.222. The number of hydrazine groups is 1. The molecule has 0 aliphatic rings. The third-order valence-corrected chi connectivity index (χ3v) is 3.92. The Morgan fingerprint density at radius 1 is 1.67 bits per heavy atom. The highest BCUT2D eigenvalue weighted by Gasteiger charge is 2.16. The third-order valence-electron chi connectivity index (χ3n) is 2.12. The van der Waals surface area contributed by atoms with Crippen LogP contribution in [0.3, 0.4) is 0 Å². The number of aromatic nitrogens is 2. The number of rotatable bonds is 3. The molecule has 3 N–H and O–H groups in total. The molecule has 0 fully saturated rings. The quantitative estimate of drug-likeness (QED) is 0.510. The highest BCUT2D eigenvalue weighted by molar-refractivity contribution is 14.1. The third kappa shape index (κ3) is 2.39. The molecular weight excluding hydrogens is 323 g/mol. The second-order valence-electron chi connectivity index (χ2n) is 3.20. The van der Waals surface area contributed by atoms with Gasteiger partial charge in [-0.1, -0.05) is 0 Å². The van der Waals surface area contributed by atoms with E-state index < -0.39 is 0 Å². The summed E-state index contributed by atoms with van der Waals surface area (Å²) < 4.78 is 3.02. The number of nitrogens with one attached hydrogen (secondary N) is 1. The summed E-state index contributed by atoms with van der Waals surface area (Å²) in [6.45, 7) is 0. The maximum absolute atomic E-state index is 5.56. The van der Waals surface area contributed by atoms with Crippen LogP contribution in [0, 0.1) is 2.88 Å². The highest BCUT2D eigenvalue weighted by atomic mass is 127. The number of aryl methyl sites for hydroxylation is 1. The van der Waals surface area contributed by atoms with Gasteiger partial charge in [0.05, 0.1) is 14.6 Å². The number of thiophene rings is 1. The first-order valence-electron chi connectivity index (χ1n) is 4.40. The van der Waals surface area contributed by atoms with Gasteiger partial charge in [-0.2, -0.15) is 5.10 Å². The second-order valence-corrected chi connectivity index (χ2v) is 6.00. The molecule has 0 aromatic carbocycles.